The van der Waals surface area contributed by atoms with Gasteiger partial charge in [-0.3, -0.25) is 4.79 Å². The van der Waals surface area contributed by atoms with Gasteiger partial charge >= 0.3 is 0 Å². The molecule has 2 rings (SSSR count). The lowest BCUT2D eigenvalue weighted by Gasteiger charge is -1.94. The average molecular weight is 321 g/mol. The van der Waals surface area contributed by atoms with Crippen molar-refractivity contribution in [3.05, 3.63) is 32.5 Å². The van der Waals surface area contributed by atoms with E-state index in [0.717, 1.165) is 14.5 Å². The van der Waals surface area contributed by atoms with Crippen LogP contribution in [-0.4, -0.2) is 10.9 Å². The molecule has 0 atom stereocenters. The van der Waals surface area contributed by atoms with Crippen molar-refractivity contribution in [3.63, 3.8) is 0 Å². The Morgan fingerprint density at radius 1 is 1.43 bits per heavy atom. The Morgan fingerprint density at radius 3 is 2.79 bits per heavy atom. The predicted octanol–water partition coefficient (Wildman–Crippen LogP) is 2.52. The molecule has 2 aromatic rings. The molecule has 72 valence electrons. The number of primary amides is 1. The normalized spacial score (nSPS) is 10.7. The SMILES string of the molecule is NC(=O)c1cc2cc(Cl)c(I)cc2[nH]1. The molecule has 5 heteroatoms. The van der Waals surface area contributed by atoms with Crippen molar-refractivity contribution < 1.29 is 4.79 Å². The number of aromatic amines is 1. The summed E-state index contributed by atoms with van der Waals surface area (Å²) in [7, 11) is 0. The summed E-state index contributed by atoms with van der Waals surface area (Å²) in [4.78, 5) is 13.8. The summed E-state index contributed by atoms with van der Waals surface area (Å²) in [5.41, 5.74) is 6.42. The van der Waals surface area contributed by atoms with Gasteiger partial charge in [0.25, 0.3) is 5.91 Å². The van der Waals surface area contributed by atoms with Crippen molar-refractivity contribution in [1.82, 2.24) is 4.98 Å². The van der Waals surface area contributed by atoms with E-state index >= 15 is 0 Å². The minimum atomic E-state index is -0.465. The van der Waals surface area contributed by atoms with Crippen molar-refractivity contribution in [2.24, 2.45) is 5.73 Å². The van der Waals surface area contributed by atoms with Crippen LogP contribution in [0.5, 0.6) is 0 Å². The number of aromatic nitrogens is 1. The number of halogens is 2. The summed E-state index contributed by atoms with van der Waals surface area (Å²) in [6.07, 6.45) is 0. The Hall–Kier alpha value is -0.750. The lowest BCUT2D eigenvalue weighted by atomic mass is 10.2. The fourth-order valence-electron chi connectivity index (χ4n) is 1.26. The van der Waals surface area contributed by atoms with Crippen LogP contribution in [0.4, 0.5) is 0 Å². The first-order valence-electron chi connectivity index (χ1n) is 3.85. The van der Waals surface area contributed by atoms with Gasteiger partial charge in [0.15, 0.2) is 0 Å². The Labute approximate surface area is 98.8 Å². The molecule has 0 spiro atoms. The molecule has 0 fully saturated rings. The Morgan fingerprint density at radius 2 is 2.14 bits per heavy atom. The molecule has 3 nitrogen and oxygen atoms in total. The lowest BCUT2D eigenvalue weighted by molar-refractivity contribution is 0.0996. The zero-order valence-electron chi connectivity index (χ0n) is 6.97. The van der Waals surface area contributed by atoms with Crippen LogP contribution in [0.15, 0.2) is 18.2 Å². The van der Waals surface area contributed by atoms with Crippen LogP contribution in [0.3, 0.4) is 0 Å². The van der Waals surface area contributed by atoms with Crippen molar-refractivity contribution >= 4 is 51.0 Å². The third-order valence-electron chi connectivity index (χ3n) is 1.93. The highest BCUT2D eigenvalue weighted by atomic mass is 127. The molecular weight excluding hydrogens is 314 g/mol. The number of rotatable bonds is 1. The Kier molecular flexibility index (Phi) is 2.40. The van der Waals surface area contributed by atoms with Crippen molar-refractivity contribution in [2.45, 2.75) is 0 Å². The first-order chi connectivity index (χ1) is 6.58. The smallest absolute Gasteiger partial charge is 0.265 e. The highest BCUT2D eigenvalue weighted by Crippen LogP contribution is 2.25. The Bertz CT molecular complexity index is 482. The standard InChI is InChI=1S/C9H6ClIN2O/c10-5-1-4-2-8(9(12)14)13-7(4)3-6(5)11/h1-3,13H,(H2,12,14). The maximum Gasteiger partial charge on any atom is 0.265 e. The molecule has 0 radical (unpaired) electrons. The minimum Gasteiger partial charge on any atom is -0.364 e. The maximum absolute atomic E-state index is 10.9. The van der Waals surface area contributed by atoms with E-state index in [9.17, 15) is 4.79 Å². The number of hydrogen-bond donors (Lipinski definition) is 2. The molecule has 1 aromatic heterocycles. The summed E-state index contributed by atoms with van der Waals surface area (Å²) in [6.45, 7) is 0. The number of H-pyrrole nitrogens is 1. The number of nitrogens with one attached hydrogen (secondary N) is 1. The number of amides is 1. The molecular formula is C9H6ClIN2O. The van der Waals surface area contributed by atoms with E-state index in [1.165, 1.54) is 0 Å². The topological polar surface area (TPSA) is 58.9 Å². The van der Waals surface area contributed by atoms with Gasteiger partial charge in [-0.05, 0) is 40.8 Å². The number of carbonyl (C=O) groups excluding carboxylic acids is 1. The van der Waals surface area contributed by atoms with Crippen LogP contribution in [0.1, 0.15) is 10.5 Å². The second-order valence-electron chi connectivity index (χ2n) is 2.90. The van der Waals surface area contributed by atoms with E-state index in [1.807, 2.05) is 12.1 Å². The van der Waals surface area contributed by atoms with Crippen molar-refractivity contribution in [2.75, 3.05) is 0 Å². The largest absolute Gasteiger partial charge is 0.364 e. The molecule has 0 bridgehead atoms. The summed E-state index contributed by atoms with van der Waals surface area (Å²) < 4.78 is 0.939. The molecule has 14 heavy (non-hydrogen) atoms. The zero-order valence-corrected chi connectivity index (χ0v) is 9.89. The van der Waals surface area contributed by atoms with E-state index in [-0.39, 0.29) is 0 Å². The average Bonchev–Trinajstić information content (AvgIpc) is 2.48. The summed E-state index contributed by atoms with van der Waals surface area (Å²) in [6, 6.07) is 5.38. The van der Waals surface area contributed by atoms with Gasteiger partial charge in [-0.15, -0.1) is 0 Å². The van der Waals surface area contributed by atoms with Crippen LogP contribution in [0, 0.1) is 3.57 Å². The van der Waals surface area contributed by atoms with Crippen LogP contribution < -0.4 is 5.73 Å². The summed E-state index contributed by atoms with van der Waals surface area (Å²) in [5, 5.41) is 1.57. The van der Waals surface area contributed by atoms with Crippen molar-refractivity contribution in [3.8, 4) is 0 Å². The molecule has 1 heterocycles. The van der Waals surface area contributed by atoms with Crippen LogP contribution in [0.2, 0.25) is 5.02 Å². The van der Waals surface area contributed by atoms with Gasteiger partial charge in [0.1, 0.15) is 5.69 Å². The second kappa shape index (κ2) is 3.43. The van der Waals surface area contributed by atoms with E-state index < -0.39 is 5.91 Å². The maximum atomic E-state index is 10.9. The molecule has 0 unspecified atom stereocenters. The van der Waals surface area contributed by atoms with E-state index in [0.29, 0.717) is 10.7 Å². The molecule has 3 N–H and O–H groups in total. The number of fused-ring (bicyclic) bond motifs is 1. The number of carbonyl (C=O) groups is 1. The van der Waals surface area contributed by atoms with Gasteiger partial charge in [0.05, 0.1) is 5.02 Å². The highest BCUT2D eigenvalue weighted by Gasteiger charge is 2.07. The Balaban J connectivity index is 2.72. The third-order valence-corrected chi connectivity index (χ3v) is 3.45. The monoisotopic (exact) mass is 320 g/mol. The molecule has 0 saturated carbocycles. The number of benzene rings is 1. The first-order valence-corrected chi connectivity index (χ1v) is 5.31. The van der Waals surface area contributed by atoms with Gasteiger partial charge in [-0.2, -0.15) is 0 Å². The molecule has 0 saturated heterocycles. The molecule has 0 aliphatic rings. The first kappa shape index (κ1) is 9.79. The van der Waals surface area contributed by atoms with Crippen LogP contribution in [0.25, 0.3) is 10.9 Å². The van der Waals surface area contributed by atoms with Crippen LogP contribution >= 0.6 is 34.2 Å². The molecule has 0 aliphatic heterocycles. The third kappa shape index (κ3) is 1.59. The van der Waals surface area contributed by atoms with E-state index in [2.05, 4.69) is 27.6 Å². The minimum absolute atomic E-state index is 0.401. The van der Waals surface area contributed by atoms with Gasteiger partial charge in [0.2, 0.25) is 0 Å². The molecule has 1 aromatic carbocycles. The summed E-state index contributed by atoms with van der Waals surface area (Å²) in [5.74, 6) is -0.465. The highest BCUT2D eigenvalue weighted by molar-refractivity contribution is 14.1. The van der Waals surface area contributed by atoms with E-state index in [1.54, 1.807) is 6.07 Å². The second-order valence-corrected chi connectivity index (χ2v) is 4.47. The van der Waals surface area contributed by atoms with Crippen molar-refractivity contribution in [1.29, 1.82) is 0 Å². The van der Waals surface area contributed by atoms with Gasteiger partial charge in [0, 0.05) is 14.5 Å². The molecule has 0 aliphatic carbocycles. The summed E-state index contributed by atoms with van der Waals surface area (Å²) >= 11 is 8.07. The fourth-order valence-corrected chi connectivity index (χ4v) is 1.90. The quantitative estimate of drug-likeness (QED) is 0.779. The zero-order chi connectivity index (χ0) is 10.3. The van der Waals surface area contributed by atoms with Crippen LogP contribution in [-0.2, 0) is 0 Å². The van der Waals surface area contributed by atoms with Gasteiger partial charge in [-0.1, -0.05) is 11.6 Å². The fraction of sp³-hybridized carbons (Fsp3) is 0. The number of hydrogen-bond acceptors (Lipinski definition) is 1. The van der Waals surface area contributed by atoms with Gasteiger partial charge in [-0.25, -0.2) is 0 Å². The lowest BCUT2D eigenvalue weighted by Crippen LogP contribution is -2.10. The number of nitrogens with two attached hydrogens (primary N) is 1. The molecule has 1 amide bonds. The predicted molar refractivity (Wildman–Crippen MR) is 64.5 cm³/mol. The van der Waals surface area contributed by atoms with E-state index in [4.69, 9.17) is 17.3 Å². The van der Waals surface area contributed by atoms with Gasteiger partial charge < -0.3 is 10.7 Å².